The van der Waals surface area contributed by atoms with E-state index in [-0.39, 0.29) is 0 Å². The maximum absolute atomic E-state index is 6.10. The van der Waals surface area contributed by atoms with Gasteiger partial charge in [-0.05, 0) is 44.4 Å². The summed E-state index contributed by atoms with van der Waals surface area (Å²) < 4.78 is 5.58. The minimum absolute atomic E-state index is 0.469. The molecule has 0 spiro atoms. The normalized spacial score (nSPS) is 44.8. The lowest BCUT2D eigenvalue weighted by atomic mass is 9.94. The molecule has 3 saturated heterocycles. The fourth-order valence-corrected chi connectivity index (χ4v) is 3.86. The summed E-state index contributed by atoms with van der Waals surface area (Å²) in [5, 5.41) is 0. The van der Waals surface area contributed by atoms with Gasteiger partial charge in [0.1, 0.15) is 0 Å². The Morgan fingerprint density at radius 1 is 1.12 bits per heavy atom. The first kappa shape index (κ1) is 11.0. The van der Waals surface area contributed by atoms with E-state index in [1.807, 2.05) is 0 Å². The van der Waals surface area contributed by atoms with E-state index in [2.05, 4.69) is 4.90 Å². The number of piperidine rings is 1. The third kappa shape index (κ3) is 2.13. The van der Waals surface area contributed by atoms with Gasteiger partial charge in [0.05, 0.1) is 6.61 Å². The van der Waals surface area contributed by atoms with Gasteiger partial charge in [-0.25, -0.2) is 0 Å². The van der Waals surface area contributed by atoms with Crippen molar-refractivity contribution in [1.82, 2.24) is 4.90 Å². The maximum atomic E-state index is 6.10. The summed E-state index contributed by atoms with van der Waals surface area (Å²) in [6.45, 7) is 3.23. The molecule has 92 valence electrons. The summed E-state index contributed by atoms with van der Waals surface area (Å²) in [7, 11) is 0. The smallest absolute Gasteiger partial charge is 0.0506 e. The van der Waals surface area contributed by atoms with Gasteiger partial charge in [0, 0.05) is 31.3 Å². The predicted molar refractivity (Wildman–Crippen MR) is 64.3 cm³/mol. The number of hydrogen-bond acceptors (Lipinski definition) is 3. The summed E-state index contributed by atoms with van der Waals surface area (Å²) in [5.74, 6) is 0.783. The van der Waals surface area contributed by atoms with Gasteiger partial charge in [0.15, 0.2) is 0 Å². The summed E-state index contributed by atoms with van der Waals surface area (Å²) in [4.78, 5) is 2.75. The number of fused-ring (bicyclic) bond motifs is 2. The first-order valence-electron chi connectivity index (χ1n) is 6.92. The Labute approximate surface area is 98.3 Å². The molecule has 3 aliphatic heterocycles. The largest absolute Gasteiger partial charge is 0.381 e. The molecule has 2 bridgehead atoms. The molecule has 0 aromatic heterocycles. The quantitative estimate of drug-likeness (QED) is 0.770. The number of nitrogens with two attached hydrogens (primary N) is 1. The summed E-state index contributed by atoms with van der Waals surface area (Å²) in [5.41, 5.74) is 6.10. The zero-order chi connectivity index (χ0) is 11.0. The molecule has 3 heteroatoms. The van der Waals surface area contributed by atoms with E-state index < -0.39 is 0 Å². The number of rotatable bonds is 2. The second-order valence-electron chi connectivity index (χ2n) is 5.90. The summed E-state index contributed by atoms with van der Waals surface area (Å²) >= 11 is 0. The highest BCUT2D eigenvalue weighted by atomic mass is 16.5. The fourth-order valence-electron chi connectivity index (χ4n) is 3.86. The van der Waals surface area contributed by atoms with Crippen LogP contribution < -0.4 is 5.73 Å². The van der Waals surface area contributed by atoms with E-state index >= 15 is 0 Å². The van der Waals surface area contributed by atoms with Crippen molar-refractivity contribution in [1.29, 1.82) is 0 Å². The van der Waals surface area contributed by atoms with Gasteiger partial charge in [-0.3, -0.25) is 4.90 Å². The molecular formula is C13H24N2O. The fraction of sp³-hybridized carbons (Fsp3) is 1.00. The molecular weight excluding hydrogens is 200 g/mol. The minimum atomic E-state index is 0.469. The van der Waals surface area contributed by atoms with Gasteiger partial charge in [-0.1, -0.05) is 0 Å². The Kier molecular flexibility index (Phi) is 3.18. The molecule has 16 heavy (non-hydrogen) atoms. The van der Waals surface area contributed by atoms with Gasteiger partial charge < -0.3 is 10.5 Å². The Morgan fingerprint density at radius 2 is 1.88 bits per heavy atom. The molecule has 3 heterocycles. The monoisotopic (exact) mass is 224 g/mol. The molecule has 3 rings (SSSR count). The average molecular weight is 224 g/mol. The topological polar surface area (TPSA) is 38.5 Å². The van der Waals surface area contributed by atoms with Crippen molar-refractivity contribution in [3.05, 3.63) is 0 Å². The molecule has 3 aliphatic rings. The molecule has 0 saturated carbocycles. The zero-order valence-corrected chi connectivity index (χ0v) is 10.1. The van der Waals surface area contributed by atoms with Gasteiger partial charge in [0.2, 0.25) is 0 Å². The first-order valence-corrected chi connectivity index (χ1v) is 6.92. The van der Waals surface area contributed by atoms with E-state index in [1.165, 1.54) is 45.1 Å². The highest BCUT2D eigenvalue weighted by Crippen LogP contribution is 2.36. The Hall–Kier alpha value is -0.120. The predicted octanol–water partition coefficient (Wildman–Crippen LogP) is 1.37. The standard InChI is InChI=1S/C13H24N2O/c14-11-6-12-3-4-13(7-11)15(12)8-10-2-1-5-16-9-10/h10-13H,1-9,14H2. The Balaban J connectivity index is 1.58. The Morgan fingerprint density at radius 3 is 2.50 bits per heavy atom. The lowest BCUT2D eigenvalue weighted by Gasteiger charge is -2.40. The van der Waals surface area contributed by atoms with Crippen molar-refractivity contribution in [2.75, 3.05) is 19.8 Å². The SMILES string of the molecule is NC1CC2CCC(C1)N2CC1CCCOC1. The summed E-state index contributed by atoms with van der Waals surface area (Å²) in [6, 6.07) is 2.04. The van der Waals surface area contributed by atoms with Gasteiger partial charge in [-0.15, -0.1) is 0 Å². The third-order valence-electron chi connectivity index (χ3n) is 4.64. The molecule has 3 atom stereocenters. The molecule has 3 unspecified atom stereocenters. The van der Waals surface area contributed by atoms with Crippen LogP contribution in [0.15, 0.2) is 0 Å². The van der Waals surface area contributed by atoms with Gasteiger partial charge in [0.25, 0.3) is 0 Å². The van der Waals surface area contributed by atoms with E-state index in [4.69, 9.17) is 10.5 Å². The van der Waals surface area contributed by atoms with E-state index in [0.717, 1.165) is 31.2 Å². The van der Waals surface area contributed by atoms with Crippen LogP contribution in [-0.4, -0.2) is 42.8 Å². The van der Waals surface area contributed by atoms with Crippen molar-refractivity contribution >= 4 is 0 Å². The van der Waals surface area contributed by atoms with Crippen molar-refractivity contribution < 1.29 is 4.74 Å². The number of hydrogen-bond donors (Lipinski definition) is 1. The van der Waals surface area contributed by atoms with Crippen LogP contribution in [0.4, 0.5) is 0 Å². The first-order chi connectivity index (χ1) is 7.83. The van der Waals surface area contributed by atoms with Gasteiger partial charge in [-0.2, -0.15) is 0 Å². The molecule has 0 aromatic carbocycles. The molecule has 3 nitrogen and oxygen atoms in total. The molecule has 0 amide bonds. The average Bonchev–Trinajstić information content (AvgIpc) is 2.54. The minimum Gasteiger partial charge on any atom is -0.381 e. The molecule has 2 N–H and O–H groups in total. The van der Waals surface area contributed by atoms with Crippen molar-refractivity contribution in [2.24, 2.45) is 11.7 Å². The van der Waals surface area contributed by atoms with Crippen LogP contribution in [0.3, 0.4) is 0 Å². The second kappa shape index (κ2) is 4.63. The molecule has 0 aliphatic carbocycles. The maximum Gasteiger partial charge on any atom is 0.0506 e. The lowest BCUT2D eigenvalue weighted by Crippen LogP contribution is -2.49. The highest BCUT2D eigenvalue weighted by Gasteiger charge is 2.40. The van der Waals surface area contributed by atoms with E-state index in [9.17, 15) is 0 Å². The van der Waals surface area contributed by atoms with Crippen LogP contribution in [0.5, 0.6) is 0 Å². The highest BCUT2D eigenvalue weighted by molar-refractivity contribution is 4.97. The van der Waals surface area contributed by atoms with Crippen LogP contribution in [0.25, 0.3) is 0 Å². The van der Waals surface area contributed by atoms with Crippen molar-refractivity contribution in [3.8, 4) is 0 Å². The van der Waals surface area contributed by atoms with Crippen LogP contribution >= 0.6 is 0 Å². The zero-order valence-electron chi connectivity index (χ0n) is 10.1. The van der Waals surface area contributed by atoms with E-state index in [1.54, 1.807) is 0 Å². The molecule has 0 aromatic rings. The molecule has 3 fully saturated rings. The summed E-state index contributed by atoms with van der Waals surface area (Å²) in [6.07, 6.45) is 7.83. The lowest BCUT2D eigenvalue weighted by molar-refractivity contribution is 0.0202. The van der Waals surface area contributed by atoms with Crippen LogP contribution in [0.1, 0.15) is 38.5 Å². The Bertz CT molecular complexity index is 226. The van der Waals surface area contributed by atoms with Crippen LogP contribution in [0, 0.1) is 5.92 Å². The van der Waals surface area contributed by atoms with Crippen LogP contribution in [-0.2, 0) is 4.74 Å². The molecule has 0 radical (unpaired) electrons. The number of nitrogens with zero attached hydrogens (tertiary/aromatic N) is 1. The van der Waals surface area contributed by atoms with Gasteiger partial charge >= 0.3 is 0 Å². The van der Waals surface area contributed by atoms with Crippen molar-refractivity contribution in [3.63, 3.8) is 0 Å². The second-order valence-corrected chi connectivity index (χ2v) is 5.90. The van der Waals surface area contributed by atoms with E-state index in [0.29, 0.717) is 6.04 Å². The van der Waals surface area contributed by atoms with Crippen molar-refractivity contribution in [2.45, 2.75) is 56.7 Å². The number of ether oxygens (including phenoxy) is 1. The van der Waals surface area contributed by atoms with Crippen LogP contribution in [0.2, 0.25) is 0 Å². The third-order valence-corrected chi connectivity index (χ3v) is 4.64.